The van der Waals surface area contributed by atoms with Crippen molar-refractivity contribution < 1.29 is 14.6 Å². The maximum Gasteiger partial charge on any atom is 0.336 e. The number of hydrogen-bond acceptors (Lipinski definition) is 2. The van der Waals surface area contributed by atoms with Gasteiger partial charge in [0.15, 0.2) is 0 Å². The van der Waals surface area contributed by atoms with Gasteiger partial charge in [0.2, 0.25) is 0 Å². The highest BCUT2D eigenvalue weighted by molar-refractivity contribution is 9.10. The normalized spacial score (nSPS) is 11.2. The van der Waals surface area contributed by atoms with Gasteiger partial charge in [-0.05, 0) is 35.4 Å². The third-order valence-corrected chi connectivity index (χ3v) is 3.54. The molecule has 0 atom stereocenters. The molecule has 2 aromatic rings. The average Bonchev–Trinajstić information content (AvgIpc) is 2.46. The predicted octanol–water partition coefficient (Wildman–Crippen LogP) is 4.08. The van der Waals surface area contributed by atoms with Crippen LogP contribution >= 0.6 is 15.9 Å². The van der Waals surface area contributed by atoms with Gasteiger partial charge in [-0.15, -0.1) is 0 Å². The Balaban J connectivity index is 2.51. The Labute approximate surface area is 125 Å². The fourth-order valence-corrected chi connectivity index (χ4v) is 2.21. The topological polar surface area (TPSA) is 46.5 Å². The Morgan fingerprint density at radius 2 is 1.95 bits per heavy atom. The van der Waals surface area contributed by atoms with Crippen LogP contribution in [0.1, 0.15) is 11.1 Å². The summed E-state index contributed by atoms with van der Waals surface area (Å²) in [6.07, 6.45) is 1.64. The van der Waals surface area contributed by atoms with Crippen LogP contribution in [0.4, 0.5) is 0 Å². The summed E-state index contributed by atoms with van der Waals surface area (Å²) < 4.78 is 5.98. The molecule has 1 N–H and O–H groups in total. The lowest BCUT2D eigenvalue weighted by atomic mass is 10.0. The largest absolute Gasteiger partial charge is 0.497 e. The van der Waals surface area contributed by atoms with Gasteiger partial charge in [-0.2, -0.15) is 0 Å². The van der Waals surface area contributed by atoms with Crippen LogP contribution in [0.5, 0.6) is 5.75 Å². The van der Waals surface area contributed by atoms with Crippen LogP contribution in [0, 0.1) is 0 Å². The lowest BCUT2D eigenvalue weighted by Gasteiger charge is -2.06. The molecule has 0 amide bonds. The van der Waals surface area contributed by atoms with Crippen molar-refractivity contribution in [2.45, 2.75) is 0 Å². The molecule has 0 radical (unpaired) electrons. The van der Waals surface area contributed by atoms with E-state index in [1.165, 1.54) is 0 Å². The first kappa shape index (κ1) is 14.3. The molecule has 2 aromatic carbocycles. The third kappa shape index (κ3) is 3.27. The van der Waals surface area contributed by atoms with E-state index in [9.17, 15) is 9.90 Å². The molecule has 20 heavy (non-hydrogen) atoms. The van der Waals surface area contributed by atoms with E-state index >= 15 is 0 Å². The lowest BCUT2D eigenvalue weighted by Crippen LogP contribution is -2.00. The monoisotopic (exact) mass is 332 g/mol. The maximum absolute atomic E-state index is 11.5. The number of methoxy groups -OCH3 is 1. The number of rotatable bonds is 4. The summed E-state index contributed by atoms with van der Waals surface area (Å²) in [5, 5.41) is 9.42. The minimum atomic E-state index is -0.978. The fraction of sp³-hybridized carbons (Fsp3) is 0.0625. The number of benzene rings is 2. The van der Waals surface area contributed by atoms with E-state index in [1.54, 1.807) is 37.5 Å². The molecule has 0 aliphatic heterocycles. The third-order valence-electron chi connectivity index (χ3n) is 2.82. The maximum atomic E-state index is 11.5. The summed E-state index contributed by atoms with van der Waals surface area (Å²) in [6.45, 7) is 0. The van der Waals surface area contributed by atoms with Gasteiger partial charge < -0.3 is 9.84 Å². The Bertz CT molecular complexity index is 662. The van der Waals surface area contributed by atoms with Crippen LogP contribution < -0.4 is 4.74 Å². The number of hydrogen-bond donors (Lipinski definition) is 1. The lowest BCUT2D eigenvalue weighted by molar-refractivity contribution is -0.130. The Morgan fingerprint density at radius 1 is 1.20 bits per heavy atom. The van der Waals surface area contributed by atoms with E-state index in [2.05, 4.69) is 15.9 Å². The summed E-state index contributed by atoms with van der Waals surface area (Å²) in [7, 11) is 1.55. The Hall–Kier alpha value is -2.07. The molecular formula is C16H13BrO3. The van der Waals surface area contributed by atoms with Crippen LogP contribution in [0.25, 0.3) is 11.6 Å². The van der Waals surface area contributed by atoms with Crippen molar-refractivity contribution in [3.05, 3.63) is 64.1 Å². The summed E-state index contributed by atoms with van der Waals surface area (Å²) >= 11 is 3.41. The zero-order valence-corrected chi connectivity index (χ0v) is 12.4. The average molecular weight is 333 g/mol. The summed E-state index contributed by atoms with van der Waals surface area (Å²) in [4.78, 5) is 11.5. The molecule has 4 heteroatoms. The smallest absolute Gasteiger partial charge is 0.336 e. The predicted molar refractivity (Wildman–Crippen MR) is 82.6 cm³/mol. The standard InChI is InChI=1S/C16H13BrO3/c1-20-13-7-4-6-11(9-13)14(16(18)19)10-12-5-2-3-8-15(12)17/h2-10H,1H3,(H,18,19)/b14-10-. The van der Waals surface area contributed by atoms with Gasteiger partial charge in [0.05, 0.1) is 12.7 Å². The van der Waals surface area contributed by atoms with E-state index in [4.69, 9.17) is 4.74 Å². The van der Waals surface area contributed by atoms with Crippen LogP contribution in [0.2, 0.25) is 0 Å². The number of halogens is 1. The second kappa shape index (κ2) is 6.39. The van der Waals surface area contributed by atoms with Crippen molar-refractivity contribution in [3.63, 3.8) is 0 Å². The Morgan fingerprint density at radius 3 is 2.60 bits per heavy atom. The van der Waals surface area contributed by atoms with E-state index in [-0.39, 0.29) is 5.57 Å². The molecule has 0 aliphatic carbocycles. The molecule has 0 spiro atoms. The molecule has 0 heterocycles. The molecule has 0 unspecified atom stereocenters. The molecule has 0 bridgehead atoms. The van der Waals surface area contributed by atoms with Crippen LogP contribution in [0.3, 0.4) is 0 Å². The van der Waals surface area contributed by atoms with Crippen molar-refractivity contribution in [2.24, 2.45) is 0 Å². The van der Waals surface area contributed by atoms with E-state index < -0.39 is 5.97 Å². The van der Waals surface area contributed by atoms with Gasteiger partial charge in [0.1, 0.15) is 5.75 Å². The van der Waals surface area contributed by atoms with Gasteiger partial charge in [0, 0.05) is 4.47 Å². The van der Waals surface area contributed by atoms with Crippen LogP contribution in [-0.4, -0.2) is 18.2 Å². The minimum Gasteiger partial charge on any atom is -0.497 e. The number of carbonyl (C=O) groups is 1. The van der Waals surface area contributed by atoms with Gasteiger partial charge in [-0.1, -0.05) is 46.3 Å². The van der Waals surface area contributed by atoms with E-state index in [1.807, 2.05) is 24.3 Å². The first-order chi connectivity index (χ1) is 9.61. The number of carboxylic acids is 1. The minimum absolute atomic E-state index is 0.218. The fourth-order valence-electron chi connectivity index (χ4n) is 1.81. The molecular weight excluding hydrogens is 320 g/mol. The van der Waals surface area contributed by atoms with Crippen molar-refractivity contribution in [1.82, 2.24) is 0 Å². The van der Waals surface area contributed by atoms with E-state index in [0.29, 0.717) is 11.3 Å². The second-order valence-electron chi connectivity index (χ2n) is 4.12. The van der Waals surface area contributed by atoms with Gasteiger partial charge in [-0.25, -0.2) is 4.79 Å². The first-order valence-corrected chi connectivity index (χ1v) is 6.75. The highest BCUT2D eigenvalue weighted by Crippen LogP contribution is 2.25. The number of ether oxygens (including phenoxy) is 1. The highest BCUT2D eigenvalue weighted by atomic mass is 79.9. The van der Waals surface area contributed by atoms with E-state index in [0.717, 1.165) is 10.0 Å². The molecule has 3 nitrogen and oxygen atoms in total. The molecule has 0 aromatic heterocycles. The van der Waals surface area contributed by atoms with Crippen molar-refractivity contribution in [3.8, 4) is 5.75 Å². The zero-order chi connectivity index (χ0) is 14.5. The van der Waals surface area contributed by atoms with Gasteiger partial charge in [-0.3, -0.25) is 0 Å². The number of carboxylic acid groups (broad SMARTS) is 1. The molecule has 0 saturated carbocycles. The number of aliphatic carboxylic acids is 1. The SMILES string of the molecule is COc1cccc(/C(=C/c2ccccc2Br)C(=O)O)c1. The zero-order valence-electron chi connectivity index (χ0n) is 10.8. The molecule has 0 aliphatic rings. The molecule has 2 rings (SSSR count). The van der Waals surface area contributed by atoms with Gasteiger partial charge in [0.25, 0.3) is 0 Å². The molecule has 0 saturated heterocycles. The second-order valence-corrected chi connectivity index (χ2v) is 4.97. The van der Waals surface area contributed by atoms with Crippen molar-refractivity contribution in [2.75, 3.05) is 7.11 Å². The summed E-state index contributed by atoms with van der Waals surface area (Å²) in [5.41, 5.74) is 1.64. The van der Waals surface area contributed by atoms with Crippen molar-refractivity contribution in [1.29, 1.82) is 0 Å². The Kier molecular flexibility index (Phi) is 4.58. The van der Waals surface area contributed by atoms with Crippen molar-refractivity contribution >= 4 is 33.5 Å². The first-order valence-electron chi connectivity index (χ1n) is 5.96. The van der Waals surface area contributed by atoms with Crippen LogP contribution in [-0.2, 0) is 4.79 Å². The molecule has 0 fully saturated rings. The highest BCUT2D eigenvalue weighted by Gasteiger charge is 2.12. The summed E-state index contributed by atoms with van der Waals surface area (Å²) in [5.74, 6) is -0.351. The quantitative estimate of drug-likeness (QED) is 0.677. The van der Waals surface area contributed by atoms with Crippen LogP contribution in [0.15, 0.2) is 53.0 Å². The summed E-state index contributed by atoms with van der Waals surface area (Å²) in [6, 6.07) is 14.5. The van der Waals surface area contributed by atoms with Gasteiger partial charge >= 0.3 is 5.97 Å². The molecule has 102 valence electrons.